The summed E-state index contributed by atoms with van der Waals surface area (Å²) < 4.78 is 0. The van der Waals surface area contributed by atoms with Crippen molar-refractivity contribution >= 4 is 11.8 Å². The number of carbonyl (C=O) groups excluding carboxylic acids is 2. The van der Waals surface area contributed by atoms with E-state index in [1.807, 2.05) is 13.8 Å². The number of aliphatic hydroxyl groups excluding tert-OH is 1. The van der Waals surface area contributed by atoms with Crippen molar-refractivity contribution in [1.82, 2.24) is 4.90 Å². The zero-order chi connectivity index (χ0) is 13.0. The van der Waals surface area contributed by atoms with Crippen LogP contribution in [0.3, 0.4) is 0 Å². The number of nitrogens with zero attached hydrogens (tertiary/aromatic N) is 1. The Bertz CT molecular complexity index is 399. The molecule has 2 aliphatic carbocycles. The summed E-state index contributed by atoms with van der Waals surface area (Å²) in [5.41, 5.74) is 0. The van der Waals surface area contributed by atoms with Crippen LogP contribution in [0, 0.1) is 29.6 Å². The fourth-order valence-corrected chi connectivity index (χ4v) is 3.84. The third-order valence-electron chi connectivity index (χ3n) is 4.79. The first-order valence-electron chi connectivity index (χ1n) is 6.72. The first-order chi connectivity index (χ1) is 8.56. The third-order valence-corrected chi connectivity index (χ3v) is 4.79. The highest BCUT2D eigenvalue weighted by molar-refractivity contribution is 6.06. The molecule has 1 heterocycles. The molecule has 4 nitrogen and oxygen atoms in total. The monoisotopic (exact) mass is 249 g/mol. The summed E-state index contributed by atoms with van der Waals surface area (Å²) >= 11 is 0. The van der Waals surface area contributed by atoms with Crippen molar-refractivity contribution in [3.63, 3.8) is 0 Å². The van der Waals surface area contributed by atoms with Gasteiger partial charge in [0.25, 0.3) is 0 Å². The predicted octanol–water partition coefficient (Wildman–Crippen LogP) is 0.810. The van der Waals surface area contributed by atoms with Gasteiger partial charge in [-0.25, -0.2) is 0 Å². The van der Waals surface area contributed by atoms with Crippen LogP contribution in [-0.4, -0.2) is 34.5 Å². The van der Waals surface area contributed by atoms with Gasteiger partial charge < -0.3 is 5.11 Å². The Morgan fingerprint density at radius 3 is 2.11 bits per heavy atom. The molecule has 18 heavy (non-hydrogen) atoms. The number of likely N-dealkylation sites (tertiary alicyclic amines) is 1. The Morgan fingerprint density at radius 2 is 1.72 bits per heavy atom. The number of imide groups is 1. The Balaban J connectivity index is 1.92. The molecule has 2 fully saturated rings. The lowest BCUT2D eigenvalue weighted by molar-refractivity contribution is -0.145. The van der Waals surface area contributed by atoms with Crippen molar-refractivity contribution < 1.29 is 14.7 Å². The Labute approximate surface area is 107 Å². The highest BCUT2D eigenvalue weighted by Gasteiger charge is 2.60. The van der Waals surface area contributed by atoms with Crippen LogP contribution in [0.5, 0.6) is 0 Å². The van der Waals surface area contributed by atoms with E-state index >= 15 is 0 Å². The van der Waals surface area contributed by atoms with Crippen molar-refractivity contribution in [2.45, 2.75) is 26.3 Å². The smallest absolute Gasteiger partial charge is 0.234 e. The molecule has 5 unspecified atom stereocenters. The minimum atomic E-state index is -0.366. The quantitative estimate of drug-likeness (QED) is 0.595. The number of carbonyl (C=O) groups is 2. The molecule has 4 heteroatoms. The van der Waals surface area contributed by atoms with Gasteiger partial charge in [0, 0.05) is 0 Å². The lowest BCUT2D eigenvalue weighted by atomic mass is 9.85. The van der Waals surface area contributed by atoms with Gasteiger partial charge in [-0.3, -0.25) is 14.5 Å². The van der Waals surface area contributed by atoms with Gasteiger partial charge >= 0.3 is 0 Å². The molecular formula is C14H19NO3. The first-order valence-corrected chi connectivity index (χ1v) is 6.72. The second kappa shape index (κ2) is 3.92. The van der Waals surface area contributed by atoms with E-state index in [0.29, 0.717) is 0 Å². The van der Waals surface area contributed by atoms with Gasteiger partial charge in [0.1, 0.15) is 0 Å². The van der Waals surface area contributed by atoms with Crippen LogP contribution in [0.4, 0.5) is 0 Å². The van der Waals surface area contributed by atoms with E-state index in [9.17, 15) is 14.7 Å². The van der Waals surface area contributed by atoms with Crippen LogP contribution < -0.4 is 0 Å². The van der Waals surface area contributed by atoms with E-state index in [1.165, 1.54) is 4.90 Å². The summed E-state index contributed by atoms with van der Waals surface area (Å²) in [6.07, 6.45) is 5.12. The molecule has 3 rings (SSSR count). The number of allylic oxidation sites excluding steroid dienone is 2. The predicted molar refractivity (Wildman–Crippen MR) is 65.3 cm³/mol. The number of amides is 2. The topological polar surface area (TPSA) is 57.6 Å². The number of hydrogen-bond donors (Lipinski definition) is 1. The van der Waals surface area contributed by atoms with E-state index in [0.717, 1.165) is 6.42 Å². The molecule has 0 spiro atoms. The Kier molecular flexibility index (Phi) is 2.59. The van der Waals surface area contributed by atoms with E-state index in [-0.39, 0.29) is 54.1 Å². The number of hydrogen-bond acceptors (Lipinski definition) is 3. The molecule has 3 aliphatic rings. The first kappa shape index (κ1) is 11.9. The van der Waals surface area contributed by atoms with Crippen LogP contribution in [0.1, 0.15) is 20.3 Å². The minimum absolute atomic E-state index is 0.0606. The molecule has 0 aromatic heterocycles. The van der Waals surface area contributed by atoms with Gasteiger partial charge in [0.2, 0.25) is 11.8 Å². The molecule has 1 aliphatic heterocycles. The Hall–Kier alpha value is -1.16. The lowest BCUT2D eigenvalue weighted by Gasteiger charge is -2.29. The van der Waals surface area contributed by atoms with Gasteiger partial charge in [-0.2, -0.15) is 0 Å². The van der Waals surface area contributed by atoms with E-state index in [4.69, 9.17) is 0 Å². The second-order valence-electron chi connectivity index (χ2n) is 6.04. The minimum Gasteiger partial charge on any atom is -0.394 e. The summed E-state index contributed by atoms with van der Waals surface area (Å²) in [6.45, 7) is 3.72. The summed E-state index contributed by atoms with van der Waals surface area (Å²) in [7, 11) is 0. The van der Waals surface area contributed by atoms with Crippen LogP contribution in [-0.2, 0) is 9.59 Å². The largest absolute Gasteiger partial charge is 0.394 e. The van der Waals surface area contributed by atoms with Crippen LogP contribution in [0.25, 0.3) is 0 Å². The zero-order valence-corrected chi connectivity index (χ0v) is 10.7. The second-order valence-corrected chi connectivity index (χ2v) is 6.04. The summed E-state index contributed by atoms with van der Waals surface area (Å²) in [5, 5.41) is 9.44. The maximum atomic E-state index is 12.5. The molecule has 98 valence electrons. The molecule has 2 amide bonds. The number of rotatable bonds is 3. The molecular weight excluding hydrogens is 230 g/mol. The highest BCUT2D eigenvalue weighted by Crippen LogP contribution is 2.53. The number of fused-ring (bicyclic) bond motifs is 5. The highest BCUT2D eigenvalue weighted by atomic mass is 16.3. The molecule has 0 radical (unpaired) electrons. The summed E-state index contributed by atoms with van der Waals surface area (Å²) in [4.78, 5) is 26.3. The third kappa shape index (κ3) is 1.35. The average molecular weight is 249 g/mol. The zero-order valence-electron chi connectivity index (χ0n) is 10.7. The van der Waals surface area contributed by atoms with Crippen LogP contribution in [0.2, 0.25) is 0 Å². The van der Waals surface area contributed by atoms with Gasteiger partial charge in [-0.15, -0.1) is 0 Å². The van der Waals surface area contributed by atoms with Crippen molar-refractivity contribution in [2.75, 3.05) is 6.61 Å². The average Bonchev–Trinajstić information content (AvgIpc) is 2.98. The molecule has 0 aromatic rings. The normalized spacial score (nSPS) is 39.0. The van der Waals surface area contributed by atoms with Gasteiger partial charge in [0.15, 0.2) is 0 Å². The Morgan fingerprint density at radius 1 is 1.22 bits per heavy atom. The fraction of sp³-hybridized carbons (Fsp3) is 0.714. The summed E-state index contributed by atoms with van der Waals surface area (Å²) in [6, 6.07) is -0.366. The van der Waals surface area contributed by atoms with Crippen molar-refractivity contribution in [2.24, 2.45) is 29.6 Å². The number of aliphatic hydroxyl groups is 1. The fourth-order valence-electron chi connectivity index (χ4n) is 3.84. The van der Waals surface area contributed by atoms with E-state index < -0.39 is 0 Å². The van der Waals surface area contributed by atoms with E-state index in [1.54, 1.807) is 0 Å². The molecule has 1 saturated carbocycles. The molecule has 1 N–H and O–H groups in total. The van der Waals surface area contributed by atoms with Crippen molar-refractivity contribution in [3.8, 4) is 0 Å². The van der Waals surface area contributed by atoms with Crippen molar-refractivity contribution in [1.29, 1.82) is 0 Å². The standard InChI is InChI=1S/C14H19NO3/c1-7(2)10(6-16)15-13(17)11-8-3-4-9(5-8)12(11)14(15)18/h3-4,7-12,16H,5-6H2,1-2H3. The van der Waals surface area contributed by atoms with Crippen LogP contribution in [0.15, 0.2) is 12.2 Å². The molecule has 1 saturated heterocycles. The maximum absolute atomic E-state index is 12.5. The van der Waals surface area contributed by atoms with Crippen LogP contribution >= 0.6 is 0 Å². The lowest BCUT2D eigenvalue weighted by Crippen LogP contribution is -2.46. The molecule has 2 bridgehead atoms. The van der Waals surface area contributed by atoms with Gasteiger partial charge in [0.05, 0.1) is 24.5 Å². The van der Waals surface area contributed by atoms with Crippen molar-refractivity contribution in [3.05, 3.63) is 12.2 Å². The van der Waals surface area contributed by atoms with E-state index in [2.05, 4.69) is 12.2 Å². The van der Waals surface area contributed by atoms with Gasteiger partial charge in [-0.1, -0.05) is 26.0 Å². The SMILES string of the molecule is CC(C)C(CO)N1C(=O)C2C3C=CC(C3)C2C1=O. The maximum Gasteiger partial charge on any atom is 0.234 e. The molecule has 0 aromatic carbocycles. The molecule has 5 atom stereocenters. The van der Waals surface area contributed by atoms with Gasteiger partial charge in [-0.05, 0) is 24.2 Å². The summed E-state index contributed by atoms with van der Waals surface area (Å²) in [5.74, 6) is 0.151.